The number of benzene rings is 3. The van der Waals surface area contributed by atoms with Crippen molar-refractivity contribution in [1.29, 1.82) is 0 Å². The van der Waals surface area contributed by atoms with Gasteiger partial charge in [0.25, 0.3) is 10.0 Å². The second-order valence-electron chi connectivity index (χ2n) is 5.19. The van der Waals surface area contributed by atoms with Gasteiger partial charge in [-0.15, -0.1) is 4.40 Å². The third kappa shape index (κ3) is 3.64. The molecule has 0 aliphatic heterocycles. The SMILES string of the molecule is NSC(N)=NS(=O)(=O)c1ccc2c(-c3ccccc3Cl)cccc2c1. The largest absolute Gasteiger partial charge is 0.377 e. The van der Waals surface area contributed by atoms with Crippen LogP contribution in [-0.2, 0) is 10.0 Å². The molecule has 0 heterocycles. The van der Waals surface area contributed by atoms with Gasteiger partial charge in [-0.2, -0.15) is 8.42 Å². The van der Waals surface area contributed by atoms with Crippen molar-refractivity contribution in [2.75, 3.05) is 0 Å². The lowest BCUT2D eigenvalue weighted by molar-refractivity contribution is 0.598. The van der Waals surface area contributed by atoms with Gasteiger partial charge in [-0.1, -0.05) is 54.1 Å². The summed E-state index contributed by atoms with van der Waals surface area (Å²) in [5.41, 5.74) is 7.23. The maximum absolute atomic E-state index is 12.3. The van der Waals surface area contributed by atoms with E-state index in [1.807, 2.05) is 42.5 Å². The molecule has 3 aromatic carbocycles. The third-order valence-electron chi connectivity index (χ3n) is 3.64. The van der Waals surface area contributed by atoms with Crippen molar-refractivity contribution in [3.8, 4) is 11.1 Å². The second kappa shape index (κ2) is 7.05. The van der Waals surface area contributed by atoms with E-state index in [0.717, 1.165) is 21.9 Å². The first-order chi connectivity index (χ1) is 11.9. The maximum atomic E-state index is 12.3. The number of amidine groups is 1. The van der Waals surface area contributed by atoms with E-state index in [1.54, 1.807) is 12.1 Å². The van der Waals surface area contributed by atoms with Crippen LogP contribution in [0.2, 0.25) is 5.02 Å². The highest BCUT2D eigenvalue weighted by molar-refractivity contribution is 8.12. The fourth-order valence-corrected chi connectivity index (χ4v) is 4.09. The summed E-state index contributed by atoms with van der Waals surface area (Å²) < 4.78 is 28.1. The molecule has 0 unspecified atom stereocenters. The molecule has 4 N–H and O–H groups in total. The van der Waals surface area contributed by atoms with E-state index in [0.29, 0.717) is 17.0 Å². The first-order valence-corrected chi connectivity index (χ1v) is 9.87. The Bertz CT molecular complexity index is 1080. The Labute approximate surface area is 154 Å². The van der Waals surface area contributed by atoms with Gasteiger partial charge in [0.05, 0.1) is 4.90 Å². The van der Waals surface area contributed by atoms with Crippen molar-refractivity contribution >= 4 is 49.5 Å². The summed E-state index contributed by atoms with van der Waals surface area (Å²) in [6.45, 7) is 0. The number of rotatable bonds is 3. The van der Waals surface area contributed by atoms with Crippen molar-refractivity contribution in [3.05, 3.63) is 65.7 Å². The van der Waals surface area contributed by atoms with Crippen LogP contribution in [0, 0.1) is 0 Å². The van der Waals surface area contributed by atoms with Gasteiger partial charge in [-0.25, -0.2) is 0 Å². The van der Waals surface area contributed by atoms with Gasteiger partial charge in [0.15, 0.2) is 5.17 Å². The van der Waals surface area contributed by atoms with Crippen LogP contribution < -0.4 is 10.9 Å². The average Bonchev–Trinajstić information content (AvgIpc) is 2.61. The molecule has 0 amide bonds. The highest BCUT2D eigenvalue weighted by atomic mass is 35.5. The van der Waals surface area contributed by atoms with Crippen LogP contribution in [0.5, 0.6) is 0 Å². The lowest BCUT2D eigenvalue weighted by atomic mass is 9.98. The average molecular weight is 392 g/mol. The number of hydrogen-bond acceptors (Lipinski definition) is 4. The summed E-state index contributed by atoms with van der Waals surface area (Å²) >= 11 is 6.88. The van der Waals surface area contributed by atoms with E-state index >= 15 is 0 Å². The van der Waals surface area contributed by atoms with E-state index in [2.05, 4.69) is 4.40 Å². The lowest BCUT2D eigenvalue weighted by Crippen LogP contribution is -2.12. The Morgan fingerprint density at radius 3 is 2.44 bits per heavy atom. The van der Waals surface area contributed by atoms with Crippen molar-refractivity contribution < 1.29 is 8.42 Å². The lowest BCUT2D eigenvalue weighted by Gasteiger charge is -2.10. The van der Waals surface area contributed by atoms with Gasteiger partial charge in [0, 0.05) is 10.6 Å². The van der Waals surface area contributed by atoms with Gasteiger partial charge in [0.1, 0.15) is 0 Å². The Hall–Kier alpha value is -2.06. The van der Waals surface area contributed by atoms with Crippen molar-refractivity contribution in [3.63, 3.8) is 0 Å². The third-order valence-corrected chi connectivity index (χ3v) is 5.71. The van der Waals surface area contributed by atoms with Crippen LogP contribution >= 0.6 is 23.5 Å². The van der Waals surface area contributed by atoms with Gasteiger partial charge in [-0.05, 0) is 46.5 Å². The molecule has 0 saturated heterocycles. The topological polar surface area (TPSA) is 98.5 Å². The number of nitrogens with zero attached hydrogens (tertiary/aromatic N) is 1. The molecule has 5 nitrogen and oxygen atoms in total. The molecule has 0 fully saturated rings. The standard InChI is InChI=1S/C17H14ClN3O2S2/c18-16-7-2-1-5-15(16)14-6-3-4-11-10-12(8-9-13(11)14)25(22,23)21-17(19)24-20/h1-10H,20H2,(H2,19,21). The molecule has 0 atom stereocenters. The minimum Gasteiger partial charge on any atom is -0.377 e. The number of sulfonamides is 1. The van der Waals surface area contributed by atoms with Crippen LogP contribution in [0.15, 0.2) is 70.0 Å². The Morgan fingerprint density at radius 1 is 1.00 bits per heavy atom. The van der Waals surface area contributed by atoms with E-state index in [-0.39, 0.29) is 10.1 Å². The molecule has 25 heavy (non-hydrogen) atoms. The van der Waals surface area contributed by atoms with Gasteiger partial charge >= 0.3 is 0 Å². The summed E-state index contributed by atoms with van der Waals surface area (Å²) in [7, 11) is -3.91. The zero-order chi connectivity index (χ0) is 18.0. The minimum atomic E-state index is -3.91. The van der Waals surface area contributed by atoms with Gasteiger partial charge < -0.3 is 5.73 Å². The van der Waals surface area contributed by atoms with E-state index < -0.39 is 10.0 Å². The first kappa shape index (κ1) is 17.8. The zero-order valence-corrected chi connectivity index (χ0v) is 15.3. The van der Waals surface area contributed by atoms with Crippen LogP contribution in [0.25, 0.3) is 21.9 Å². The predicted octanol–water partition coefficient (Wildman–Crippen LogP) is 3.77. The van der Waals surface area contributed by atoms with Crippen molar-refractivity contribution in [1.82, 2.24) is 0 Å². The molecule has 0 spiro atoms. The highest BCUT2D eigenvalue weighted by Gasteiger charge is 2.15. The second-order valence-corrected chi connectivity index (χ2v) is 7.86. The molecular formula is C17H14ClN3O2S2. The Morgan fingerprint density at radius 2 is 1.72 bits per heavy atom. The molecule has 0 aromatic heterocycles. The van der Waals surface area contributed by atoms with Crippen molar-refractivity contribution in [2.24, 2.45) is 15.3 Å². The quantitative estimate of drug-likeness (QED) is 0.402. The molecule has 0 aliphatic rings. The number of nitrogens with two attached hydrogens (primary N) is 2. The highest BCUT2D eigenvalue weighted by Crippen LogP contribution is 2.34. The fourth-order valence-electron chi connectivity index (χ4n) is 2.53. The number of fused-ring (bicyclic) bond motifs is 1. The molecule has 3 aromatic rings. The predicted molar refractivity (Wildman–Crippen MR) is 105 cm³/mol. The van der Waals surface area contributed by atoms with Gasteiger partial charge in [0.2, 0.25) is 0 Å². The summed E-state index contributed by atoms with van der Waals surface area (Å²) in [6, 6.07) is 17.9. The normalized spacial score (nSPS) is 12.5. The van der Waals surface area contributed by atoms with E-state index in [9.17, 15) is 8.42 Å². The smallest absolute Gasteiger partial charge is 0.284 e. The molecule has 128 valence electrons. The fraction of sp³-hybridized carbons (Fsp3) is 0. The minimum absolute atomic E-state index is 0.0494. The summed E-state index contributed by atoms with van der Waals surface area (Å²) in [5.74, 6) is 0. The Balaban J connectivity index is 2.18. The van der Waals surface area contributed by atoms with Crippen LogP contribution in [-0.4, -0.2) is 13.6 Å². The number of hydrogen-bond donors (Lipinski definition) is 2. The summed E-state index contributed by atoms with van der Waals surface area (Å²) in [6.07, 6.45) is 0. The molecule has 0 radical (unpaired) electrons. The summed E-state index contributed by atoms with van der Waals surface area (Å²) in [4.78, 5) is 0.0494. The van der Waals surface area contributed by atoms with Crippen molar-refractivity contribution in [2.45, 2.75) is 4.90 Å². The van der Waals surface area contributed by atoms with Crippen LogP contribution in [0.1, 0.15) is 0 Å². The Kier molecular flexibility index (Phi) is 5.01. The van der Waals surface area contributed by atoms with Crippen LogP contribution in [0.4, 0.5) is 0 Å². The zero-order valence-electron chi connectivity index (χ0n) is 12.9. The van der Waals surface area contributed by atoms with E-state index in [4.69, 9.17) is 22.5 Å². The maximum Gasteiger partial charge on any atom is 0.284 e. The molecule has 0 bridgehead atoms. The van der Waals surface area contributed by atoms with Crippen LogP contribution in [0.3, 0.4) is 0 Å². The van der Waals surface area contributed by atoms with Gasteiger partial charge in [-0.3, -0.25) is 5.14 Å². The molecule has 0 saturated carbocycles. The monoisotopic (exact) mass is 391 g/mol. The number of halogens is 1. The van der Waals surface area contributed by atoms with E-state index in [1.165, 1.54) is 6.07 Å². The molecular weight excluding hydrogens is 378 g/mol. The first-order valence-electron chi connectivity index (χ1n) is 7.17. The molecule has 8 heteroatoms. The molecule has 0 aliphatic carbocycles. The molecule has 3 rings (SSSR count). The summed E-state index contributed by atoms with van der Waals surface area (Å²) in [5, 5.41) is 7.29.